The molecule has 2 N–H and O–H groups in total. The van der Waals surface area contributed by atoms with E-state index in [1.54, 1.807) is 0 Å². The van der Waals surface area contributed by atoms with E-state index in [9.17, 15) is 9.59 Å². The smallest absolute Gasteiger partial charge is 0.309 e. The average Bonchev–Trinajstić information content (AvgIpc) is 2.28. The van der Waals surface area contributed by atoms with Gasteiger partial charge in [-0.25, -0.2) is 0 Å². The largest absolute Gasteiger partial charge is 0.481 e. The molecule has 1 rings (SSSR count). The molecule has 6 heteroatoms. The Kier molecular flexibility index (Phi) is 5.10. The van der Waals surface area contributed by atoms with Crippen LogP contribution < -0.4 is 0 Å². The minimum atomic E-state index is -0.767. The lowest BCUT2D eigenvalue weighted by molar-refractivity contribution is -0.935. The molecular weight excluding hydrogens is 236 g/mol. The number of hydrogen-bond donors (Lipinski definition) is 2. The van der Waals surface area contributed by atoms with Gasteiger partial charge >= 0.3 is 11.9 Å². The van der Waals surface area contributed by atoms with Crippen LogP contribution in [0.2, 0.25) is 0 Å². The fraction of sp³-hybridized carbons (Fsp3) is 0.833. The second-order valence-electron chi connectivity index (χ2n) is 5.36. The number of quaternary nitrogens is 1. The number of rotatable bonds is 6. The number of hydrogen-bond acceptors (Lipinski definition) is 3. The van der Waals surface area contributed by atoms with E-state index in [1.165, 1.54) is 0 Å². The lowest BCUT2D eigenvalue weighted by atomic mass is 10.1. The van der Waals surface area contributed by atoms with Gasteiger partial charge < -0.3 is 14.7 Å². The third-order valence-electron chi connectivity index (χ3n) is 3.99. The molecule has 0 radical (unpaired) electrons. The molecule has 0 spiro atoms. The van der Waals surface area contributed by atoms with Crippen LogP contribution in [0.1, 0.15) is 19.8 Å². The van der Waals surface area contributed by atoms with Crippen molar-refractivity contribution < 1.29 is 24.3 Å². The van der Waals surface area contributed by atoms with Crippen LogP contribution in [0.5, 0.6) is 0 Å². The number of carboxylic acid groups (broad SMARTS) is 2. The van der Waals surface area contributed by atoms with Crippen molar-refractivity contribution in [3.8, 4) is 0 Å². The van der Waals surface area contributed by atoms with E-state index in [0.29, 0.717) is 19.1 Å². The molecule has 104 valence electrons. The summed E-state index contributed by atoms with van der Waals surface area (Å²) in [6.45, 7) is 5.89. The molecule has 0 saturated carbocycles. The number of carbonyl (C=O) groups is 2. The van der Waals surface area contributed by atoms with Gasteiger partial charge in [-0.2, -0.15) is 0 Å². The van der Waals surface area contributed by atoms with Crippen LogP contribution in [0.25, 0.3) is 0 Å². The van der Waals surface area contributed by atoms with Crippen molar-refractivity contribution in [3.05, 3.63) is 0 Å². The molecule has 0 bridgehead atoms. The zero-order valence-electron chi connectivity index (χ0n) is 11.1. The highest BCUT2D eigenvalue weighted by molar-refractivity contribution is 5.67. The highest BCUT2D eigenvalue weighted by Gasteiger charge is 2.35. The number of likely N-dealkylation sites (N-methyl/N-ethyl adjacent to an activating group) is 1. The van der Waals surface area contributed by atoms with Crippen molar-refractivity contribution in [2.75, 3.05) is 39.8 Å². The van der Waals surface area contributed by atoms with Crippen molar-refractivity contribution in [1.82, 2.24) is 4.90 Å². The first-order valence-electron chi connectivity index (χ1n) is 6.33. The summed E-state index contributed by atoms with van der Waals surface area (Å²) in [7, 11) is 2.09. The second-order valence-corrected chi connectivity index (χ2v) is 5.36. The van der Waals surface area contributed by atoms with Crippen LogP contribution in [-0.4, -0.2) is 77.3 Å². The van der Waals surface area contributed by atoms with Crippen molar-refractivity contribution in [1.29, 1.82) is 0 Å². The van der Waals surface area contributed by atoms with E-state index < -0.39 is 11.9 Å². The monoisotopic (exact) mass is 259 g/mol. The molecule has 0 aromatic heterocycles. The number of aliphatic carboxylic acids is 2. The van der Waals surface area contributed by atoms with Crippen LogP contribution in [0.15, 0.2) is 0 Å². The standard InChI is InChI=1S/C12H22N2O4/c1-10-9-13(5-3-11(15)16)6-8-14(10,2)7-4-12(17)18/h10H,3-9H2,1-2H3,(H-,15,16,17,18)/p+1. The first kappa shape index (κ1) is 14.9. The molecule has 0 amide bonds. The van der Waals surface area contributed by atoms with Crippen LogP contribution in [0, 0.1) is 0 Å². The quantitative estimate of drug-likeness (QED) is 0.661. The molecule has 2 unspecified atom stereocenters. The number of piperazine rings is 1. The minimum absolute atomic E-state index is 0.172. The Hall–Kier alpha value is -1.14. The first-order valence-corrected chi connectivity index (χ1v) is 6.33. The lowest BCUT2D eigenvalue weighted by Gasteiger charge is -2.46. The van der Waals surface area contributed by atoms with Crippen LogP contribution in [0.4, 0.5) is 0 Å². The van der Waals surface area contributed by atoms with Crippen molar-refractivity contribution >= 4 is 11.9 Å². The zero-order valence-corrected chi connectivity index (χ0v) is 11.1. The van der Waals surface area contributed by atoms with Gasteiger partial charge in [-0.1, -0.05) is 0 Å². The maximum absolute atomic E-state index is 10.6. The number of nitrogens with zero attached hydrogens (tertiary/aromatic N) is 2. The maximum atomic E-state index is 10.6. The topological polar surface area (TPSA) is 77.8 Å². The third kappa shape index (κ3) is 4.27. The zero-order chi connectivity index (χ0) is 13.8. The molecule has 1 aliphatic rings. The fourth-order valence-electron chi connectivity index (χ4n) is 2.39. The minimum Gasteiger partial charge on any atom is -0.481 e. The maximum Gasteiger partial charge on any atom is 0.309 e. The third-order valence-corrected chi connectivity index (χ3v) is 3.99. The second kappa shape index (κ2) is 6.15. The first-order chi connectivity index (χ1) is 8.33. The van der Waals surface area contributed by atoms with E-state index in [4.69, 9.17) is 10.2 Å². The molecule has 18 heavy (non-hydrogen) atoms. The molecule has 0 aliphatic carbocycles. The Balaban J connectivity index is 2.44. The van der Waals surface area contributed by atoms with Crippen LogP contribution in [-0.2, 0) is 9.59 Å². The molecule has 0 aromatic rings. The van der Waals surface area contributed by atoms with Crippen LogP contribution >= 0.6 is 0 Å². The van der Waals surface area contributed by atoms with Gasteiger partial charge in [0.25, 0.3) is 0 Å². The molecule has 6 nitrogen and oxygen atoms in total. The van der Waals surface area contributed by atoms with E-state index in [1.807, 2.05) is 0 Å². The van der Waals surface area contributed by atoms with Gasteiger partial charge in [-0.3, -0.25) is 14.5 Å². The highest BCUT2D eigenvalue weighted by atomic mass is 16.4. The Morgan fingerprint density at radius 1 is 1.28 bits per heavy atom. The Morgan fingerprint density at radius 2 is 1.89 bits per heavy atom. The molecule has 1 heterocycles. The van der Waals surface area contributed by atoms with E-state index in [-0.39, 0.29) is 12.8 Å². The van der Waals surface area contributed by atoms with Crippen molar-refractivity contribution in [2.24, 2.45) is 0 Å². The Morgan fingerprint density at radius 3 is 2.39 bits per heavy atom. The summed E-state index contributed by atoms with van der Waals surface area (Å²) in [5, 5.41) is 17.4. The molecule has 2 atom stereocenters. The van der Waals surface area contributed by atoms with Gasteiger partial charge in [-0.05, 0) is 6.92 Å². The Labute approximate surface area is 107 Å². The van der Waals surface area contributed by atoms with Crippen LogP contribution in [0.3, 0.4) is 0 Å². The summed E-state index contributed by atoms with van der Waals surface area (Å²) in [5.74, 6) is -1.52. The van der Waals surface area contributed by atoms with Crippen molar-refractivity contribution in [3.63, 3.8) is 0 Å². The van der Waals surface area contributed by atoms with Gasteiger partial charge in [0.15, 0.2) is 0 Å². The summed E-state index contributed by atoms with van der Waals surface area (Å²) < 4.78 is 0.760. The molecule has 0 aromatic carbocycles. The van der Waals surface area contributed by atoms with Gasteiger partial charge in [0, 0.05) is 13.1 Å². The van der Waals surface area contributed by atoms with E-state index in [2.05, 4.69) is 18.9 Å². The average molecular weight is 259 g/mol. The predicted octanol–water partition coefficient (Wildman–Crippen LogP) is 0.0865. The van der Waals surface area contributed by atoms with Crippen molar-refractivity contribution in [2.45, 2.75) is 25.8 Å². The summed E-state index contributed by atoms with van der Waals surface area (Å²) >= 11 is 0. The molecular formula is C12H23N2O4+. The lowest BCUT2D eigenvalue weighted by Crippen LogP contribution is -2.63. The van der Waals surface area contributed by atoms with Gasteiger partial charge in [0.1, 0.15) is 0 Å². The highest BCUT2D eigenvalue weighted by Crippen LogP contribution is 2.18. The number of carboxylic acids is 2. The van der Waals surface area contributed by atoms with Gasteiger partial charge in [0.2, 0.25) is 0 Å². The Bertz CT molecular complexity index is 321. The fourth-order valence-corrected chi connectivity index (χ4v) is 2.39. The summed E-state index contributed by atoms with van der Waals surface area (Å²) in [4.78, 5) is 23.3. The molecule has 1 fully saturated rings. The van der Waals surface area contributed by atoms with E-state index in [0.717, 1.165) is 24.1 Å². The molecule has 1 saturated heterocycles. The summed E-state index contributed by atoms with van der Waals surface area (Å²) in [6.07, 6.45) is 0.363. The van der Waals surface area contributed by atoms with Gasteiger partial charge in [0.05, 0.1) is 45.6 Å². The summed E-state index contributed by atoms with van der Waals surface area (Å²) in [6, 6.07) is 0.340. The normalized spacial score (nSPS) is 29.1. The van der Waals surface area contributed by atoms with E-state index >= 15 is 0 Å². The van der Waals surface area contributed by atoms with Gasteiger partial charge in [-0.15, -0.1) is 0 Å². The SMILES string of the molecule is CC1CN(CCC(=O)O)CC[N+]1(C)CCC(=O)O. The molecule has 1 aliphatic heterocycles. The summed E-state index contributed by atoms with van der Waals surface area (Å²) in [5.41, 5.74) is 0. The predicted molar refractivity (Wildman–Crippen MR) is 66.3 cm³/mol.